The van der Waals surface area contributed by atoms with Crippen molar-refractivity contribution in [3.8, 4) is 0 Å². The van der Waals surface area contributed by atoms with E-state index >= 15 is 0 Å². The van der Waals surface area contributed by atoms with Crippen LogP contribution in [0, 0.1) is 11.8 Å². The number of rotatable bonds is 7. The van der Waals surface area contributed by atoms with E-state index in [-0.39, 0.29) is 15.1 Å². The fourth-order valence-electron chi connectivity index (χ4n) is 1.89. The van der Waals surface area contributed by atoms with Crippen LogP contribution in [0.2, 0.25) is 0 Å². The summed E-state index contributed by atoms with van der Waals surface area (Å²) >= 11 is 0. The fourth-order valence-corrected chi connectivity index (χ4v) is 10.3. The lowest BCUT2D eigenvalue weighted by atomic mass is 10.0. The lowest BCUT2D eigenvalue weighted by Gasteiger charge is -2.15. The molecule has 0 spiro atoms. The van der Waals surface area contributed by atoms with Crippen LogP contribution < -0.4 is 0 Å². The van der Waals surface area contributed by atoms with E-state index in [4.69, 9.17) is 0 Å². The maximum atomic E-state index is 12.5. The van der Waals surface area contributed by atoms with Gasteiger partial charge in [-0.25, -0.2) is 0 Å². The lowest BCUT2D eigenvalue weighted by molar-refractivity contribution is 0.465. The Balaban J connectivity index is 2.73. The first-order chi connectivity index (χ1) is 8.54. The van der Waals surface area contributed by atoms with Gasteiger partial charge >= 0.3 is 0 Å². The molecule has 0 radical (unpaired) electrons. The quantitative estimate of drug-likeness (QED) is 0.409. The first kappa shape index (κ1) is 16.5. The third kappa shape index (κ3) is 3.74. The summed E-state index contributed by atoms with van der Waals surface area (Å²) in [4.78, 5) is 0. The van der Waals surface area contributed by atoms with Crippen LogP contribution in [0.25, 0.3) is 0 Å². The molecule has 1 aliphatic heterocycles. The van der Waals surface area contributed by atoms with Gasteiger partial charge in [-0.15, -0.1) is 13.2 Å². The molecule has 0 aromatic heterocycles. The first-order valence-corrected chi connectivity index (χ1v) is 10.8. The Kier molecular flexibility index (Phi) is 7.28. The molecular formula is C12H20O2S4. The Morgan fingerprint density at radius 3 is 2.50 bits per heavy atom. The highest BCUT2D eigenvalue weighted by molar-refractivity contribution is 8.78. The SMILES string of the molecule is C=CCSSC1[C@H](C)[C@H](C)[C@H](S(=O)CC=C)S1=O. The third-order valence-corrected chi connectivity index (χ3v) is 11.3. The summed E-state index contributed by atoms with van der Waals surface area (Å²) in [5.74, 6) is 1.84. The van der Waals surface area contributed by atoms with Crippen LogP contribution in [0.4, 0.5) is 0 Å². The van der Waals surface area contributed by atoms with Gasteiger partial charge < -0.3 is 0 Å². The number of hydrogen-bond donors (Lipinski definition) is 0. The molecule has 0 amide bonds. The zero-order valence-corrected chi connectivity index (χ0v) is 14.0. The molecule has 0 N–H and O–H groups in total. The van der Waals surface area contributed by atoms with Crippen LogP contribution in [0.1, 0.15) is 13.8 Å². The maximum Gasteiger partial charge on any atom is 0.114 e. The Morgan fingerprint density at radius 2 is 1.94 bits per heavy atom. The van der Waals surface area contributed by atoms with Gasteiger partial charge in [-0.05, 0) is 11.8 Å². The topological polar surface area (TPSA) is 34.1 Å². The summed E-state index contributed by atoms with van der Waals surface area (Å²) in [6.07, 6.45) is 3.49. The van der Waals surface area contributed by atoms with Crippen molar-refractivity contribution in [3.05, 3.63) is 25.3 Å². The summed E-state index contributed by atoms with van der Waals surface area (Å²) < 4.78 is 24.4. The molecule has 0 aromatic rings. The fraction of sp³-hybridized carbons (Fsp3) is 0.667. The van der Waals surface area contributed by atoms with Gasteiger partial charge in [0.2, 0.25) is 0 Å². The van der Waals surface area contributed by atoms with Crippen LogP contribution in [0.15, 0.2) is 25.3 Å². The molecule has 6 heteroatoms. The van der Waals surface area contributed by atoms with E-state index in [1.54, 1.807) is 27.7 Å². The second-order valence-electron chi connectivity index (χ2n) is 4.29. The molecule has 104 valence electrons. The molecule has 1 fully saturated rings. The van der Waals surface area contributed by atoms with Gasteiger partial charge in [0.15, 0.2) is 0 Å². The van der Waals surface area contributed by atoms with E-state index in [1.807, 2.05) is 6.08 Å². The van der Waals surface area contributed by atoms with Gasteiger partial charge in [0.1, 0.15) is 4.58 Å². The zero-order valence-electron chi connectivity index (χ0n) is 10.7. The largest absolute Gasteiger partial charge is 0.258 e. The highest BCUT2D eigenvalue weighted by Gasteiger charge is 2.47. The molecule has 0 saturated carbocycles. The van der Waals surface area contributed by atoms with E-state index < -0.39 is 21.6 Å². The van der Waals surface area contributed by atoms with Gasteiger partial charge in [-0.1, -0.05) is 47.6 Å². The van der Waals surface area contributed by atoms with E-state index in [0.29, 0.717) is 11.7 Å². The van der Waals surface area contributed by atoms with Gasteiger partial charge in [-0.2, -0.15) is 0 Å². The molecule has 1 heterocycles. The standard InChI is InChI=1S/C12H20O2S4/c1-5-7-15-16-11-9(3)10(4)12(18(11)14)17(13)8-6-2/h5-6,9-12H,1-2,7-8H2,3-4H3/t9-,10+,11?,12-,17?,18?/m1/s1. The Bertz CT molecular complexity index is 356. The minimum Gasteiger partial charge on any atom is -0.258 e. The Morgan fingerprint density at radius 1 is 1.28 bits per heavy atom. The summed E-state index contributed by atoms with van der Waals surface area (Å²) in [6, 6.07) is 0. The molecule has 0 aliphatic carbocycles. The maximum absolute atomic E-state index is 12.5. The van der Waals surface area contributed by atoms with E-state index in [2.05, 4.69) is 27.0 Å². The summed E-state index contributed by atoms with van der Waals surface area (Å²) in [7, 11) is 1.23. The van der Waals surface area contributed by atoms with Gasteiger partial charge in [0.25, 0.3) is 0 Å². The zero-order chi connectivity index (χ0) is 13.7. The van der Waals surface area contributed by atoms with E-state index in [9.17, 15) is 8.42 Å². The van der Waals surface area contributed by atoms with Crippen molar-refractivity contribution < 1.29 is 8.42 Å². The average Bonchev–Trinajstić information content (AvgIpc) is 2.53. The van der Waals surface area contributed by atoms with Crippen molar-refractivity contribution in [1.29, 1.82) is 0 Å². The van der Waals surface area contributed by atoms with E-state index in [0.717, 1.165) is 5.75 Å². The van der Waals surface area contributed by atoms with Crippen LogP contribution in [0.3, 0.4) is 0 Å². The van der Waals surface area contributed by atoms with Crippen molar-refractivity contribution >= 4 is 43.2 Å². The normalized spacial score (nSPS) is 37.3. The highest BCUT2D eigenvalue weighted by Crippen LogP contribution is 2.45. The summed E-state index contributed by atoms with van der Waals surface area (Å²) in [5, 5.41) is 0. The minimum absolute atomic E-state index is 0.0729. The lowest BCUT2D eigenvalue weighted by Crippen LogP contribution is -2.25. The molecule has 3 unspecified atom stereocenters. The van der Waals surface area contributed by atoms with Gasteiger partial charge in [0.05, 0.1) is 15.4 Å². The second-order valence-corrected chi connectivity index (χ2v) is 10.7. The van der Waals surface area contributed by atoms with Crippen molar-refractivity contribution in [3.63, 3.8) is 0 Å². The predicted molar refractivity (Wildman–Crippen MR) is 87.5 cm³/mol. The third-order valence-electron chi connectivity index (χ3n) is 3.04. The van der Waals surface area contributed by atoms with Crippen molar-refractivity contribution in [2.75, 3.05) is 11.5 Å². The molecule has 0 bridgehead atoms. The van der Waals surface area contributed by atoms with Gasteiger partial charge in [0, 0.05) is 22.3 Å². The molecule has 1 saturated heterocycles. The molecule has 18 heavy (non-hydrogen) atoms. The molecular weight excluding hydrogens is 304 g/mol. The minimum atomic E-state index is -1.07. The summed E-state index contributed by atoms with van der Waals surface area (Å²) in [6.45, 7) is 11.5. The molecule has 6 atom stereocenters. The van der Waals surface area contributed by atoms with Crippen molar-refractivity contribution in [2.45, 2.75) is 23.0 Å². The van der Waals surface area contributed by atoms with Crippen LogP contribution in [0.5, 0.6) is 0 Å². The molecule has 1 rings (SSSR count). The molecule has 1 aliphatic rings. The van der Waals surface area contributed by atoms with E-state index in [1.165, 1.54) is 0 Å². The Hall–Kier alpha value is 0.480. The second kappa shape index (κ2) is 7.92. The highest BCUT2D eigenvalue weighted by atomic mass is 33.1. The van der Waals surface area contributed by atoms with Crippen LogP contribution >= 0.6 is 21.6 Å². The smallest absolute Gasteiger partial charge is 0.114 e. The predicted octanol–water partition coefficient (Wildman–Crippen LogP) is 3.18. The first-order valence-electron chi connectivity index (χ1n) is 5.81. The number of hydrogen-bond acceptors (Lipinski definition) is 4. The monoisotopic (exact) mass is 324 g/mol. The van der Waals surface area contributed by atoms with Crippen LogP contribution in [-0.4, -0.2) is 29.1 Å². The van der Waals surface area contributed by atoms with Crippen molar-refractivity contribution in [1.82, 2.24) is 0 Å². The van der Waals surface area contributed by atoms with Crippen molar-refractivity contribution in [2.24, 2.45) is 11.8 Å². The van der Waals surface area contributed by atoms with Crippen LogP contribution in [-0.2, 0) is 21.6 Å². The van der Waals surface area contributed by atoms with Gasteiger partial charge in [-0.3, -0.25) is 8.42 Å². The molecule has 0 aromatic carbocycles. The average molecular weight is 325 g/mol. The Labute approximate surface area is 123 Å². The summed E-state index contributed by atoms with van der Waals surface area (Å²) in [5.41, 5.74) is 0. The molecule has 2 nitrogen and oxygen atoms in total.